The Morgan fingerprint density at radius 1 is 0.944 bits per heavy atom. The molecule has 2 rings (SSSR count). The van der Waals surface area contributed by atoms with Crippen LogP contribution in [0.2, 0.25) is 0 Å². The van der Waals surface area contributed by atoms with Crippen LogP contribution in [0.15, 0.2) is 0 Å². The van der Waals surface area contributed by atoms with Gasteiger partial charge in [0.15, 0.2) is 0 Å². The molecule has 0 aromatic carbocycles. The highest BCUT2D eigenvalue weighted by Gasteiger charge is 2.17. The Kier molecular flexibility index (Phi) is 6.50. The van der Waals surface area contributed by atoms with Gasteiger partial charge in [0, 0.05) is 6.04 Å². The third-order valence-corrected chi connectivity index (χ3v) is 5.03. The summed E-state index contributed by atoms with van der Waals surface area (Å²) in [6, 6.07) is 0.889. The lowest BCUT2D eigenvalue weighted by molar-refractivity contribution is 0.209. The molecule has 1 aliphatic carbocycles. The van der Waals surface area contributed by atoms with Crippen LogP contribution in [0.25, 0.3) is 0 Å². The summed E-state index contributed by atoms with van der Waals surface area (Å²) in [7, 11) is 2.36. The largest absolute Gasteiger partial charge is 0.317 e. The molecule has 0 radical (unpaired) electrons. The van der Waals surface area contributed by atoms with E-state index in [1.807, 2.05) is 0 Å². The topological polar surface area (TPSA) is 15.3 Å². The van der Waals surface area contributed by atoms with Crippen molar-refractivity contribution < 1.29 is 0 Å². The van der Waals surface area contributed by atoms with E-state index in [0.29, 0.717) is 0 Å². The van der Waals surface area contributed by atoms with Crippen molar-refractivity contribution in [2.75, 3.05) is 26.7 Å². The van der Waals surface area contributed by atoms with Crippen molar-refractivity contribution in [3.05, 3.63) is 0 Å². The molecule has 1 N–H and O–H groups in total. The maximum atomic E-state index is 3.46. The summed E-state index contributed by atoms with van der Waals surface area (Å²) in [6.07, 6.45) is 14.5. The summed E-state index contributed by atoms with van der Waals surface area (Å²) in [5.41, 5.74) is 0. The van der Waals surface area contributed by atoms with E-state index in [1.165, 1.54) is 83.8 Å². The minimum Gasteiger partial charge on any atom is -0.317 e. The highest BCUT2D eigenvalue weighted by Crippen LogP contribution is 2.22. The fourth-order valence-electron chi connectivity index (χ4n) is 3.68. The predicted molar refractivity (Wildman–Crippen MR) is 78.9 cm³/mol. The number of rotatable bonds is 5. The number of piperidine rings is 1. The van der Waals surface area contributed by atoms with Gasteiger partial charge in [0.05, 0.1) is 0 Å². The van der Waals surface area contributed by atoms with E-state index in [4.69, 9.17) is 0 Å². The van der Waals surface area contributed by atoms with Crippen molar-refractivity contribution in [2.24, 2.45) is 5.92 Å². The van der Waals surface area contributed by atoms with E-state index in [-0.39, 0.29) is 0 Å². The van der Waals surface area contributed by atoms with Gasteiger partial charge in [-0.25, -0.2) is 0 Å². The highest BCUT2D eigenvalue weighted by atomic mass is 15.1. The van der Waals surface area contributed by atoms with Crippen LogP contribution in [0.4, 0.5) is 0 Å². The monoisotopic (exact) mass is 252 g/mol. The molecule has 106 valence electrons. The van der Waals surface area contributed by atoms with Gasteiger partial charge in [-0.1, -0.05) is 25.7 Å². The maximum absolute atomic E-state index is 3.46. The first-order chi connectivity index (χ1) is 8.86. The van der Waals surface area contributed by atoms with E-state index in [9.17, 15) is 0 Å². The fourth-order valence-corrected chi connectivity index (χ4v) is 3.68. The SMILES string of the molecule is CN(CCCC1CCNCC1)C1CCCCCC1. The Morgan fingerprint density at radius 2 is 1.61 bits per heavy atom. The summed E-state index contributed by atoms with van der Waals surface area (Å²) in [6.45, 7) is 3.83. The van der Waals surface area contributed by atoms with Crippen LogP contribution >= 0.6 is 0 Å². The molecule has 0 bridgehead atoms. The molecule has 18 heavy (non-hydrogen) atoms. The van der Waals surface area contributed by atoms with E-state index < -0.39 is 0 Å². The number of nitrogens with one attached hydrogen (secondary N) is 1. The van der Waals surface area contributed by atoms with E-state index in [2.05, 4.69) is 17.3 Å². The van der Waals surface area contributed by atoms with Gasteiger partial charge in [0.2, 0.25) is 0 Å². The van der Waals surface area contributed by atoms with Crippen LogP contribution < -0.4 is 5.32 Å². The van der Waals surface area contributed by atoms with Crippen LogP contribution in [0.5, 0.6) is 0 Å². The number of hydrogen-bond donors (Lipinski definition) is 1. The maximum Gasteiger partial charge on any atom is 0.00922 e. The van der Waals surface area contributed by atoms with E-state index >= 15 is 0 Å². The number of hydrogen-bond acceptors (Lipinski definition) is 2. The molecule has 1 aliphatic heterocycles. The second-order valence-corrected chi connectivity index (χ2v) is 6.46. The summed E-state index contributed by atoms with van der Waals surface area (Å²) in [5, 5.41) is 3.46. The van der Waals surface area contributed by atoms with Gasteiger partial charge in [-0.05, 0) is 71.1 Å². The van der Waals surface area contributed by atoms with Crippen molar-refractivity contribution in [1.82, 2.24) is 10.2 Å². The molecular formula is C16H32N2. The minimum atomic E-state index is 0.889. The molecule has 2 fully saturated rings. The zero-order valence-corrected chi connectivity index (χ0v) is 12.3. The van der Waals surface area contributed by atoms with Crippen molar-refractivity contribution in [2.45, 2.75) is 70.3 Å². The molecule has 0 atom stereocenters. The molecule has 0 spiro atoms. The van der Waals surface area contributed by atoms with Crippen LogP contribution in [0.3, 0.4) is 0 Å². The minimum absolute atomic E-state index is 0.889. The molecule has 0 amide bonds. The fraction of sp³-hybridized carbons (Fsp3) is 1.00. The molecule has 2 aliphatic rings. The second kappa shape index (κ2) is 8.16. The first-order valence-corrected chi connectivity index (χ1v) is 8.27. The van der Waals surface area contributed by atoms with Crippen LogP contribution in [-0.2, 0) is 0 Å². The Morgan fingerprint density at radius 3 is 2.28 bits per heavy atom. The molecule has 0 aromatic heterocycles. The van der Waals surface area contributed by atoms with Gasteiger partial charge in [-0.15, -0.1) is 0 Å². The van der Waals surface area contributed by atoms with E-state index in [1.54, 1.807) is 0 Å². The molecule has 0 unspecified atom stereocenters. The van der Waals surface area contributed by atoms with Gasteiger partial charge >= 0.3 is 0 Å². The van der Waals surface area contributed by atoms with Crippen LogP contribution in [-0.4, -0.2) is 37.6 Å². The Bertz CT molecular complexity index is 203. The van der Waals surface area contributed by atoms with Gasteiger partial charge in [-0.2, -0.15) is 0 Å². The molecule has 2 nitrogen and oxygen atoms in total. The smallest absolute Gasteiger partial charge is 0.00922 e. The standard InChI is InChI=1S/C16H32N2/c1-18(16-8-4-2-3-5-9-16)14-6-7-15-10-12-17-13-11-15/h15-17H,2-14H2,1H3. The lowest BCUT2D eigenvalue weighted by Gasteiger charge is -2.28. The average molecular weight is 252 g/mol. The Balaban J connectivity index is 1.59. The number of nitrogens with zero attached hydrogens (tertiary/aromatic N) is 1. The average Bonchev–Trinajstić information content (AvgIpc) is 2.69. The molecule has 1 heterocycles. The lowest BCUT2D eigenvalue weighted by atomic mass is 9.93. The quantitative estimate of drug-likeness (QED) is 0.754. The Labute approximate surface area is 114 Å². The summed E-state index contributed by atoms with van der Waals surface area (Å²) >= 11 is 0. The van der Waals surface area contributed by atoms with Crippen LogP contribution in [0, 0.1) is 5.92 Å². The second-order valence-electron chi connectivity index (χ2n) is 6.46. The molecule has 1 saturated heterocycles. The first-order valence-electron chi connectivity index (χ1n) is 8.27. The first kappa shape index (κ1) is 14.3. The summed E-state index contributed by atoms with van der Waals surface area (Å²) in [4.78, 5) is 2.66. The van der Waals surface area contributed by atoms with Gasteiger partial charge in [-0.3, -0.25) is 0 Å². The zero-order valence-electron chi connectivity index (χ0n) is 12.3. The van der Waals surface area contributed by atoms with Crippen molar-refractivity contribution in [3.63, 3.8) is 0 Å². The Hall–Kier alpha value is -0.0800. The third-order valence-electron chi connectivity index (χ3n) is 5.03. The summed E-state index contributed by atoms with van der Waals surface area (Å²) < 4.78 is 0. The van der Waals surface area contributed by atoms with Crippen molar-refractivity contribution in [3.8, 4) is 0 Å². The predicted octanol–water partition coefficient (Wildman–Crippen LogP) is 3.42. The normalized spacial score (nSPS) is 24.3. The molecular weight excluding hydrogens is 220 g/mol. The summed E-state index contributed by atoms with van der Waals surface area (Å²) in [5.74, 6) is 1.01. The van der Waals surface area contributed by atoms with Gasteiger partial charge in [0.1, 0.15) is 0 Å². The molecule has 0 aromatic rings. The zero-order chi connectivity index (χ0) is 12.6. The van der Waals surface area contributed by atoms with E-state index in [0.717, 1.165) is 12.0 Å². The molecule has 2 heteroatoms. The van der Waals surface area contributed by atoms with Crippen LogP contribution in [0.1, 0.15) is 64.2 Å². The lowest BCUT2D eigenvalue weighted by Crippen LogP contribution is -2.33. The van der Waals surface area contributed by atoms with Gasteiger partial charge in [0.25, 0.3) is 0 Å². The third kappa shape index (κ3) is 4.89. The van der Waals surface area contributed by atoms with Crippen molar-refractivity contribution >= 4 is 0 Å². The molecule has 1 saturated carbocycles. The van der Waals surface area contributed by atoms with Gasteiger partial charge < -0.3 is 10.2 Å². The highest BCUT2D eigenvalue weighted by molar-refractivity contribution is 4.73. The van der Waals surface area contributed by atoms with Crippen molar-refractivity contribution in [1.29, 1.82) is 0 Å².